The lowest BCUT2D eigenvalue weighted by atomic mass is 9.85. The summed E-state index contributed by atoms with van der Waals surface area (Å²) in [7, 11) is 0. The van der Waals surface area contributed by atoms with Gasteiger partial charge in [0.15, 0.2) is 11.6 Å². The quantitative estimate of drug-likeness (QED) is 0.327. The average molecular weight is 508 g/mol. The maximum atomic E-state index is 11.8. The van der Waals surface area contributed by atoms with Gasteiger partial charge in [-0.15, -0.1) is 0 Å². The number of rotatable bonds is 9. The number of benzene rings is 1. The monoisotopic (exact) mass is 507 g/mol. The van der Waals surface area contributed by atoms with E-state index in [1.165, 1.54) is 24.0 Å². The van der Waals surface area contributed by atoms with Crippen molar-refractivity contribution in [2.45, 2.75) is 64.7 Å². The summed E-state index contributed by atoms with van der Waals surface area (Å²) in [6, 6.07) is 6.48. The third-order valence-electron chi connectivity index (χ3n) is 7.29. The summed E-state index contributed by atoms with van der Waals surface area (Å²) in [5.74, 6) is 3.13. The van der Waals surface area contributed by atoms with Crippen LogP contribution in [-0.4, -0.2) is 50.5 Å². The Balaban J connectivity index is 1.26. The lowest BCUT2D eigenvalue weighted by molar-refractivity contribution is -0.120. The normalized spacial score (nSPS) is 16.8. The molecule has 36 heavy (non-hydrogen) atoms. The standard InChI is InChI=1S/C27H34ClN7O/c1-4-20(36)15-35-9-7-18(8-10-35)21-11-17(3)23(12-16(21)2)30-27-29-14-22(28)26(32-27)31-25-13-24(33-34-25)19-5-6-19/h11-14,18-19H,4-10,15H2,1-3H3,(H3,29,30,31,32,33,34). The number of ketones is 1. The third-order valence-corrected chi connectivity index (χ3v) is 7.56. The van der Waals surface area contributed by atoms with Gasteiger partial charge in [-0.2, -0.15) is 10.1 Å². The van der Waals surface area contributed by atoms with E-state index in [0.717, 1.165) is 42.9 Å². The van der Waals surface area contributed by atoms with Crippen LogP contribution in [0.25, 0.3) is 0 Å². The molecule has 190 valence electrons. The van der Waals surface area contributed by atoms with Crippen molar-refractivity contribution in [1.29, 1.82) is 0 Å². The molecule has 1 saturated carbocycles. The zero-order valence-corrected chi connectivity index (χ0v) is 22.0. The molecule has 8 nitrogen and oxygen atoms in total. The molecule has 0 radical (unpaired) electrons. The van der Waals surface area contributed by atoms with Crippen LogP contribution in [0.3, 0.4) is 0 Å². The van der Waals surface area contributed by atoms with Crippen molar-refractivity contribution in [1.82, 2.24) is 25.1 Å². The van der Waals surface area contributed by atoms with Crippen LogP contribution >= 0.6 is 11.6 Å². The van der Waals surface area contributed by atoms with Gasteiger partial charge in [0.05, 0.1) is 12.7 Å². The summed E-state index contributed by atoms with van der Waals surface area (Å²) in [5, 5.41) is 14.4. The minimum absolute atomic E-state index is 0.325. The number of aryl methyl sites for hydroxylation is 2. The van der Waals surface area contributed by atoms with E-state index < -0.39 is 0 Å². The molecule has 0 atom stereocenters. The van der Waals surface area contributed by atoms with Crippen LogP contribution in [0.2, 0.25) is 5.02 Å². The van der Waals surface area contributed by atoms with Crippen LogP contribution in [-0.2, 0) is 4.79 Å². The number of halogens is 1. The molecule has 0 bridgehead atoms. The smallest absolute Gasteiger partial charge is 0.229 e. The first-order valence-electron chi connectivity index (χ1n) is 12.9. The molecular weight excluding hydrogens is 474 g/mol. The Kier molecular flexibility index (Phi) is 7.25. The first kappa shape index (κ1) is 24.7. The number of Topliss-reactive ketones (excluding diaryl/α,β-unsaturated/α-hetero) is 1. The van der Waals surface area contributed by atoms with Crippen molar-refractivity contribution >= 4 is 40.7 Å². The number of aromatic nitrogens is 4. The molecule has 5 rings (SSSR count). The molecule has 3 heterocycles. The Bertz CT molecular complexity index is 1240. The highest BCUT2D eigenvalue weighted by Gasteiger charge is 2.26. The van der Waals surface area contributed by atoms with Gasteiger partial charge in [0.25, 0.3) is 0 Å². The summed E-state index contributed by atoms with van der Waals surface area (Å²) < 4.78 is 0. The van der Waals surface area contributed by atoms with E-state index >= 15 is 0 Å². The van der Waals surface area contributed by atoms with Crippen LogP contribution < -0.4 is 10.6 Å². The fourth-order valence-electron chi connectivity index (χ4n) is 4.94. The molecule has 9 heteroatoms. The Labute approximate surface area is 217 Å². The number of piperidine rings is 1. The van der Waals surface area contributed by atoms with Crippen LogP contribution in [0, 0.1) is 13.8 Å². The van der Waals surface area contributed by atoms with Crippen molar-refractivity contribution < 1.29 is 4.79 Å². The van der Waals surface area contributed by atoms with E-state index in [1.807, 2.05) is 13.0 Å². The number of likely N-dealkylation sites (tertiary alicyclic amines) is 1. The van der Waals surface area contributed by atoms with E-state index in [-0.39, 0.29) is 0 Å². The predicted octanol–water partition coefficient (Wildman–Crippen LogP) is 5.99. The molecular formula is C27H34ClN7O. The van der Waals surface area contributed by atoms with Gasteiger partial charge in [0, 0.05) is 29.8 Å². The predicted molar refractivity (Wildman–Crippen MR) is 144 cm³/mol. The van der Waals surface area contributed by atoms with Gasteiger partial charge in [-0.1, -0.05) is 24.6 Å². The number of nitrogens with one attached hydrogen (secondary N) is 3. The molecule has 3 N–H and O–H groups in total. The first-order chi connectivity index (χ1) is 17.4. The number of carbonyl (C=O) groups excluding carboxylic acids is 1. The summed E-state index contributed by atoms with van der Waals surface area (Å²) >= 11 is 6.36. The summed E-state index contributed by atoms with van der Waals surface area (Å²) in [6.45, 7) is 8.75. The SMILES string of the molecule is CCC(=O)CN1CCC(c2cc(C)c(Nc3ncc(Cl)c(Nc4cc(C5CC5)[nH]n4)n3)cc2C)CC1. The van der Waals surface area contributed by atoms with Crippen molar-refractivity contribution in [2.24, 2.45) is 0 Å². The van der Waals surface area contributed by atoms with Gasteiger partial charge in [0.1, 0.15) is 10.8 Å². The molecule has 0 amide bonds. The fraction of sp³-hybridized carbons (Fsp3) is 0.481. The number of carbonyl (C=O) groups is 1. The Morgan fingerprint density at radius 1 is 1.08 bits per heavy atom. The van der Waals surface area contributed by atoms with E-state index in [0.29, 0.717) is 53.2 Å². The van der Waals surface area contributed by atoms with E-state index in [1.54, 1.807) is 6.20 Å². The number of hydrogen-bond acceptors (Lipinski definition) is 7. The van der Waals surface area contributed by atoms with E-state index in [4.69, 9.17) is 11.6 Å². The van der Waals surface area contributed by atoms with Crippen molar-refractivity contribution in [2.75, 3.05) is 30.3 Å². The second kappa shape index (κ2) is 10.6. The Hall–Kier alpha value is -2.97. The lowest BCUT2D eigenvalue weighted by Gasteiger charge is -2.32. The second-order valence-corrected chi connectivity index (χ2v) is 10.5. The Morgan fingerprint density at radius 2 is 1.86 bits per heavy atom. The minimum atomic E-state index is 0.325. The van der Waals surface area contributed by atoms with Crippen molar-refractivity contribution in [3.05, 3.63) is 51.8 Å². The summed E-state index contributed by atoms with van der Waals surface area (Å²) in [4.78, 5) is 23.1. The number of H-pyrrole nitrogens is 1. The van der Waals surface area contributed by atoms with Gasteiger partial charge in [-0.3, -0.25) is 14.8 Å². The van der Waals surface area contributed by atoms with Gasteiger partial charge in [-0.25, -0.2) is 4.98 Å². The summed E-state index contributed by atoms with van der Waals surface area (Å²) in [6.07, 6.45) is 6.79. The fourth-order valence-corrected chi connectivity index (χ4v) is 5.08. The first-order valence-corrected chi connectivity index (χ1v) is 13.2. The molecule has 2 aromatic heterocycles. The zero-order valence-electron chi connectivity index (χ0n) is 21.2. The maximum absolute atomic E-state index is 11.8. The lowest BCUT2D eigenvalue weighted by Crippen LogP contribution is -2.36. The average Bonchev–Trinajstić information content (AvgIpc) is 3.62. The highest BCUT2D eigenvalue weighted by atomic mass is 35.5. The second-order valence-electron chi connectivity index (χ2n) is 10.1. The highest BCUT2D eigenvalue weighted by molar-refractivity contribution is 6.32. The van der Waals surface area contributed by atoms with Gasteiger partial charge < -0.3 is 10.6 Å². The summed E-state index contributed by atoms with van der Waals surface area (Å²) in [5.41, 5.74) is 5.92. The highest BCUT2D eigenvalue weighted by Crippen LogP contribution is 2.40. The van der Waals surface area contributed by atoms with Crippen LogP contribution in [0.15, 0.2) is 24.4 Å². The number of aromatic amines is 1. The third kappa shape index (κ3) is 5.71. The molecule has 0 spiro atoms. The van der Waals surface area contributed by atoms with Crippen LogP contribution in [0.4, 0.5) is 23.3 Å². The van der Waals surface area contributed by atoms with Crippen LogP contribution in [0.1, 0.15) is 73.2 Å². The molecule has 1 aromatic carbocycles. The minimum Gasteiger partial charge on any atom is -0.324 e. The molecule has 1 aliphatic heterocycles. The molecule has 2 aliphatic rings. The topological polar surface area (TPSA) is 98.8 Å². The molecule has 2 fully saturated rings. The molecule has 1 saturated heterocycles. The van der Waals surface area contributed by atoms with Gasteiger partial charge >= 0.3 is 0 Å². The zero-order chi connectivity index (χ0) is 25.2. The van der Waals surface area contributed by atoms with Gasteiger partial charge in [-0.05, 0) is 81.3 Å². The largest absolute Gasteiger partial charge is 0.324 e. The van der Waals surface area contributed by atoms with E-state index in [9.17, 15) is 4.79 Å². The molecule has 3 aromatic rings. The Morgan fingerprint density at radius 3 is 2.58 bits per heavy atom. The van der Waals surface area contributed by atoms with E-state index in [2.05, 4.69) is 61.7 Å². The molecule has 1 aliphatic carbocycles. The number of nitrogens with zero attached hydrogens (tertiary/aromatic N) is 4. The van der Waals surface area contributed by atoms with Crippen LogP contribution in [0.5, 0.6) is 0 Å². The van der Waals surface area contributed by atoms with Crippen molar-refractivity contribution in [3.63, 3.8) is 0 Å². The maximum Gasteiger partial charge on any atom is 0.229 e. The molecule has 0 unspecified atom stereocenters. The van der Waals surface area contributed by atoms with Gasteiger partial charge in [0.2, 0.25) is 5.95 Å². The number of anilines is 4. The number of hydrogen-bond donors (Lipinski definition) is 3. The van der Waals surface area contributed by atoms with Crippen molar-refractivity contribution in [3.8, 4) is 0 Å².